The summed E-state index contributed by atoms with van der Waals surface area (Å²) in [4.78, 5) is 30.7. The number of nitrogens with one attached hydrogen (secondary N) is 2. The predicted octanol–water partition coefficient (Wildman–Crippen LogP) is 4.58. The predicted molar refractivity (Wildman–Crippen MR) is 125 cm³/mol. The average Bonchev–Trinajstić information content (AvgIpc) is 3.29. The number of carbonyl (C=O) groups excluding carboxylic acids is 2. The van der Waals surface area contributed by atoms with Crippen LogP contribution in [0.4, 0.5) is 5.69 Å². The lowest BCUT2D eigenvalue weighted by molar-refractivity contribution is -0.148. The minimum atomic E-state index is -0.287. The molecule has 2 amide bonds. The molecule has 0 unspecified atom stereocenters. The Morgan fingerprint density at radius 2 is 1.75 bits per heavy atom. The van der Waals surface area contributed by atoms with E-state index in [1.165, 1.54) is 5.39 Å². The Bertz CT molecular complexity index is 1060. The van der Waals surface area contributed by atoms with Gasteiger partial charge in [0.05, 0.1) is 0 Å². The third-order valence-electron chi connectivity index (χ3n) is 6.63. The number of aromatic amines is 1. The lowest BCUT2D eigenvalue weighted by Gasteiger charge is -2.34. The number of rotatable bonds is 4. The van der Waals surface area contributed by atoms with Crippen molar-refractivity contribution < 1.29 is 14.3 Å². The number of nitrogens with zero attached hydrogens (tertiary/aromatic N) is 1. The first-order valence-corrected chi connectivity index (χ1v) is 11.6. The number of anilines is 1. The Balaban J connectivity index is 1.15. The monoisotopic (exact) mass is 431 g/mol. The maximum absolute atomic E-state index is 12.8. The smallest absolute Gasteiger partial charge is 0.251 e. The fraction of sp³-hybridized carbons (Fsp3) is 0.385. The third-order valence-corrected chi connectivity index (χ3v) is 6.63. The molecule has 0 saturated carbocycles. The number of carbonyl (C=O) groups is 2. The Kier molecular flexibility index (Phi) is 5.95. The van der Waals surface area contributed by atoms with Gasteiger partial charge in [0, 0.05) is 47.9 Å². The standard InChI is InChI=1S/C26H29N3O3/c30-25(19-12-14-29(15-13-19)26(31)24-7-3-4-16-32-24)27-21-10-8-18(9-11-21)23-17-20-5-1-2-6-22(20)28-23/h1-2,5-6,8-11,17,19,24,28H,3-4,7,12-16H2,(H,27,30)/t24-/m0/s1. The van der Waals surface area contributed by atoms with Crippen LogP contribution in [0.15, 0.2) is 54.6 Å². The second-order valence-corrected chi connectivity index (χ2v) is 8.79. The highest BCUT2D eigenvalue weighted by Crippen LogP contribution is 2.26. The number of hydrogen-bond acceptors (Lipinski definition) is 3. The van der Waals surface area contributed by atoms with Gasteiger partial charge in [-0.3, -0.25) is 9.59 Å². The number of fused-ring (bicyclic) bond motifs is 1. The van der Waals surface area contributed by atoms with E-state index in [0.29, 0.717) is 32.5 Å². The van der Waals surface area contributed by atoms with Crippen LogP contribution in [0.5, 0.6) is 0 Å². The molecule has 32 heavy (non-hydrogen) atoms. The molecule has 0 aliphatic carbocycles. The van der Waals surface area contributed by atoms with Crippen molar-refractivity contribution in [3.05, 3.63) is 54.6 Å². The zero-order valence-corrected chi connectivity index (χ0v) is 18.2. The molecule has 2 fully saturated rings. The van der Waals surface area contributed by atoms with Crippen molar-refractivity contribution >= 4 is 28.4 Å². The number of para-hydroxylation sites is 1. The van der Waals surface area contributed by atoms with Gasteiger partial charge >= 0.3 is 0 Å². The van der Waals surface area contributed by atoms with Gasteiger partial charge in [-0.15, -0.1) is 0 Å². The Morgan fingerprint density at radius 3 is 2.47 bits per heavy atom. The van der Waals surface area contributed by atoms with Crippen molar-refractivity contribution in [3.8, 4) is 11.3 Å². The van der Waals surface area contributed by atoms with Gasteiger partial charge in [0.25, 0.3) is 5.91 Å². The lowest BCUT2D eigenvalue weighted by Crippen LogP contribution is -2.47. The first-order valence-electron chi connectivity index (χ1n) is 11.6. The highest BCUT2D eigenvalue weighted by atomic mass is 16.5. The summed E-state index contributed by atoms with van der Waals surface area (Å²) in [5.41, 5.74) is 4.04. The van der Waals surface area contributed by atoms with Crippen LogP contribution in [-0.4, -0.2) is 47.5 Å². The third kappa shape index (κ3) is 4.41. The average molecular weight is 432 g/mol. The van der Waals surface area contributed by atoms with Gasteiger partial charge in [-0.1, -0.05) is 30.3 Å². The van der Waals surface area contributed by atoms with Crippen LogP contribution in [0.1, 0.15) is 32.1 Å². The number of amides is 2. The quantitative estimate of drug-likeness (QED) is 0.635. The number of likely N-dealkylation sites (tertiary alicyclic amines) is 1. The Hall–Kier alpha value is -3.12. The molecule has 3 heterocycles. The molecule has 2 aliphatic heterocycles. The van der Waals surface area contributed by atoms with E-state index in [9.17, 15) is 9.59 Å². The highest BCUT2D eigenvalue weighted by Gasteiger charge is 2.32. The van der Waals surface area contributed by atoms with Gasteiger partial charge in [-0.05, 0) is 61.9 Å². The summed E-state index contributed by atoms with van der Waals surface area (Å²) >= 11 is 0. The van der Waals surface area contributed by atoms with Crippen molar-refractivity contribution in [1.29, 1.82) is 0 Å². The maximum atomic E-state index is 12.8. The highest BCUT2D eigenvalue weighted by molar-refractivity contribution is 5.93. The maximum Gasteiger partial charge on any atom is 0.251 e. The number of hydrogen-bond donors (Lipinski definition) is 2. The molecular formula is C26H29N3O3. The molecule has 2 aliphatic rings. The molecular weight excluding hydrogens is 402 g/mol. The largest absolute Gasteiger partial charge is 0.368 e. The minimum absolute atomic E-state index is 0.0318. The second-order valence-electron chi connectivity index (χ2n) is 8.79. The number of aromatic nitrogens is 1. The molecule has 1 aromatic heterocycles. The van der Waals surface area contributed by atoms with E-state index in [0.717, 1.165) is 41.7 Å². The molecule has 6 heteroatoms. The molecule has 2 N–H and O–H groups in total. The summed E-state index contributed by atoms with van der Waals surface area (Å²) in [5.74, 6) is 0.0557. The molecule has 0 spiro atoms. The number of ether oxygens (including phenoxy) is 1. The second kappa shape index (κ2) is 9.17. The van der Waals surface area contributed by atoms with Crippen molar-refractivity contribution in [2.24, 2.45) is 5.92 Å². The van der Waals surface area contributed by atoms with Crippen LogP contribution < -0.4 is 5.32 Å². The van der Waals surface area contributed by atoms with Crippen LogP contribution in [0.25, 0.3) is 22.2 Å². The number of piperidine rings is 1. The lowest BCUT2D eigenvalue weighted by atomic mass is 9.95. The van der Waals surface area contributed by atoms with Gasteiger partial charge in [0.1, 0.15) is 6.10 Å². The Morgan fingerprint density at radius 1 is 0.969 bits per heavy atom. The molecule has 2 saturated heterocycles. The van der Waals surface area contributed by atoms with Crippen LogP contribution in [-0.2, 0) is 14.3 Å². The van der Waals surface area contributed by atoms with E-state index in [-0.39, 0.29) is 23.8 Å². The molecule has 1 atom stereocenters. The van der Waals surface area contributed by atoms with Crippen molar-refractivity contribution in [1.82, 2.24) is 9.88 Å². The molecule has 2 aromatic carbocycles. The molecule has 3 aromatic rings. The number of benzene rings is 2. The molecule has 6 nitrogen and oxygen atoms in total. The SMILES string of the molecule is O=C(Nc1ccc(-c2cc3ccccc3[nH]2)cc1)C1CCN(C(=O)[C@@H]2CCCCO2)CC1. The van der Waals surface area contributed by atoms with Crippen molar-refractivity contribution in [2.45, 2.75) is 38.2 Å². The van der Waals surface area contributed by atoms with Crippen LogP contribution in [0.3, 0.4) is 0 Å². The van der Waals surface area contributed by atoms with E-state index in [4.69, 9.17) is 4.74 Å². The molecule has 0 radical (unpaired) electrons. The first-order chi connectivity index (χ1) is 15.7. The van der Waals surface area contributed by atoms with Crippen molar-refractivity contribution in [3.63, 3.8) is 0 Å². The van der Waals surface area contributed by atoms with E-state index >= 15 is 0 Å². The normalized spacial score (nSPS) is 19.8. The fourth-order valence-corrected chi connectivity index (χ4v) is 4.71. The van der Waals surface area contributed by atoms with Gasteiger partial charge in [-0.2, -0.15) is 0 Å². The molecule has 166 valence electrons. The van der Waals surface area contributed by atoms with Gasteiger partial charge < -0.3 is 19.9 Å². The van der Waals surface area contributed by atoms with E-state index in [2.05, 4.69) is 28.5 Å². The summed E-state index contributed by atoms with van der Waals surface area (Å²) in [5, 5.41) is 4.23. The summed E-state index contributed by atoms with van der Waals surface area (Å²) < 4.78 is 5.63. The first kappa shape index (κ1) is 20.8. The van der Waals surface area contributed by atoms with Gasteiger partial charge in [-0.25, -0.2) is 0 Å². The van der Waals surface area contributed by atoms with E-state index in [1.807, 2.05) is 41.3 Å². The zero-order chi connectivity index (χ0) is 21.9. The summed E-state index contributed by atoms with van der Waals surface area (Å²) in [6.45, 7) is 1.92. The van der Waals surface area contributed by atoms with Crippen LogP contribution >= 0.6 is 0 Å². The van der Waals surface area contributed by atoms with Gasteiger partial charge in [0.15, 0.2) is 0 Å². The Labute approximate surface area is 187 Å². The topological polar surface area (TPSA) is 74.4 Å². The summed E-state index contributed by atoms with van der Waals surface area (Å²) in [6.07, 6.45) is 4.00. The minimum Gasteiger partial charge on any atom is -0.368 e. The summed E-state index contributed by atoms with van der Waals surface area (Å²) in [6, 6.07) is 18.3. The fourth-order valence-electron chi connectivity index (χ4n) is 4.71. The zero-order valence-electron chi connectivity index (χ0n) is 18.2. The summed E-state index contributed by atoms with van der Waals surface area (Å²) in [7, 11) is 0. The van der Waals surface area contributed by atoms with E-state index < -0.39 is 0 Å². The van der Waals surface area contributed by atoms with Crippen LogP contribution in [0.2, 0.25) is 0 Å². The molecule has 5 rings (SSSR count). The van der Waals surface area contributed by atoms with Crippen LogP contribution in [0, 0.1) is 5.92 Å². The number of H-pyrrole nitrogens is 1. The van der Waals surface area contributed by atoms with Gasteiger partial charge in [0.2, 0.25) is 5.91 Å². The van der Waals surface area contributed by atoms with Crippen molar-refractivity contribution in [2.75, 3.05) is 25.0 Å². The molecule has 0 bridgehead atoms. The van der Waals surface area contributed by atoms with E-state index in [1.54, 1.807) is 0 Å².